The van der Waals surface area contributed by atoms with Gasteiger partial charge in [0, 0.05) is 25.3 Å². The third-order valence-corrected chi connectivity index (χ3v) is 5.45. The Bertz CT molecular complexity index is 867. The Morgan fingerprint density at radius 3 is 2.96 bits per heavy atom. The normalized spacial score (nSPS) is 17.4. The zero-order valence-corrected chi connectivity index (χ0v) is 15.1. The fourth-order valence-electron chi connectivity index (χ4n) is 3.09. The van der Waals surface area contributed by atoms with Crippen LogP contribution in [0.2, 0.25) is 0 Å². The molecule has 1 atom stereocenters. The molecule has 0 bridgehead atoms. The smallest absolute Gasteiger partial charge is 0.308 e. The summed E-state index contributed by atoms with van der Waals surface area (Å²) in [5.41, 5.74) is 0.506. The number of aromatic amines is 1. The monoisotopic (exact) mass is 375 g/mol. The van der Waals surface area contributed by atoms with E-state index in [0.717, 1.165) is 6.42 Å². The number of hydrogen-bond acceptors (Lipinski definition) is 5. The highest BCUT2D eigenvalue weighted by Crippen LogP contribution is 2.18. The fourth-order valence-corrected chi connectivity index (χ4v) is 3.89. The van der Waals surface area contributed by atoms with E-state index in [1.807, 2.05) is 6.07 Å². The maximum atomic E-state index is 12.3. The zero-order chi connectivity index (χ0) is 18.5. The van der Waals surface area contributed by atoms with Crippen molar-refractivity contribution >= 4 is 34.5 Å². The number of carbonyl (C=O) groups excluding carboxylic acids is 1. The van der Waals surface area contributed by atoms with E-state index < -0.39 is 11.9 Å². The summed E-state index contributed by atoms with van der Waals surface area (Å²) in [6.07, 6.45) is 1.72. The number of rotatable bonds is 6. The van der Waals surface area contributed by atoms with Gasteiger partial charge in [-0.25, -0.2) is 4.98 Å². The van der Waals surface area contributed by atoms with Crippen LogP contribution in [0.3, 0.4) is 0 Å². The van der Waals surface area contributed by atoms with Crippen molar-refractivity contribution in [1.29, 1.82) is 0 Å². The lowest BCUT2D eigenvalue weighted by Gasteiger charge is -2.30. The predicted octanol–water partition coefficient (Wildman–Crippen LogP) is 1.87. The molecular weight excluding hydrogens is 354 g/mol. The van der Waals surface area contributed by atoms with Crippen molar-refractivity contribution in [3.63, 3.8) is 0 Å². The largest absolute Gasteiger partial charge is 0.481 e. The van der Waals surface area contributed by atoms with Crippen LogP contribution in [-0.2, 0) is 15.3 Å². The van der Waals surface area contributed by atoms with Gasteiger partial charge in [0.15, 0.2) is 0 Å². The molecule has 26 heavy (non-hydrogen) atoms. The van der Waals surface area contributed by atoms with E-state index in [9.17, 15) is 14.4 Å². The number of fused-ring (bicyclic) bond motifs is 1. The van der Waals surface area contributed by atoms with Gasteiger partial charge < -0.3 is 15.0 Å². The number of benzene rings is 1. The molecule has 2 N–H and O–H groups in total. The van der Waals surface area contributed by atoms with E-state index in [1.54, 1.807) is 23.1 Å². The predicted molar refractivity (Wildman–Crippen MR) is 100 cm³/mol. The second kappa shape index (κ2) is 8.35. The SMILES string of the molecule is O=C(O)C1CCCN(C(=O)CCSCc2nc3ccccc3c(=O)[nH]2)C1. The van der Waals surface area contributed by atoms with Crippen LogP contribution >= 0.6 is 11.8 Å². The first-order chi connectivity index (χ1) is 12.5. The van der Waals surface area contributed by atoms with Crippen molar-refractivity contribution in [1.82, 2.24) is 14.9 Å². The van der Waals surface area contributed by atoms with Gasteiger partial charge in [-0.3, -0.25) is 14.4 Å². The Kier molecular flexibility index (Phi) is 5.92. The van der Waals surface area contributed by atoms with E-state index in [0.29, 0.717) is 54.2 Å². The lowest BCUT2D eigenvalue weighted by atomic mass is 9.98. The van der Waals surface area contributed by atoms with Crippen LogP contribution in [0.1, 0.15) is 25.1 Å². The van der Waals surface area contributed by atoms with Gasteiger partial charge in [-0.1, -0.05) is 12.1 Å². The minimum absolute atomic E-state index is 0.0107. The minimum Gasteiger partial charge on any atom is -0.481 e. The highest BCUT2D eigenvalue weighted by atomic mass is 32.2. The Labute approximate surface area is 154 Å². The van der Waals surface area contributed by atoms with E-state index >= 15 is 0 Å². The minimum atomic E-state index is -0.830. The van der Waals surface area contributed by atoms with Crippen molar-refractivity contribution in [2.24, 2.45) is 5.92 Å². The summed E-state index contributed by atoms with van der Waals surface area (Å²) in [5, 5.41) is 9.66. The number of carboxylic acids is 1. The fraction of sp³-hybridized carbons (Fsp3) is 0.444. The number of piperidine rings is 1. The first kappa shape index (κ1) is 18.4. The van der Waals surface area contributed by atoms with Crippen LogP contribution in [0.15, 0.2) is 29.1 Å². The Hall–Kier alpha value is -2.35. The van der Waals surface area contributed by atoms with Gasteiger partial charge in [-0.15, -0.1) is 0 Å². The van der Waals surface area contributed by atoms with Crippen molar-refractivity contribution in [3.05, 3.63) is 40.4 Å². The molecule has 1 aromatic heterocycles. The van der Waals surface area contributed by atoms with Gasteiger partial charge >= 0.3 is 5.97 Å². The molecule has 1 fully saturated rings. The molecule has 138 valence electrons. The number of likely N-dealkylation sites (tertiary alicyclic amines) is 1. The van der Waals surface area contributed by atoms with Crippen LogP contribution < -0.4 is 5.56 Å². The summed E-state index contributed by atoms with van der Waals surface area (Å²) in [4.78, 5) is 44.2. The number of amides is 1. The zero-order valence-electron chi connectivity index (χ0n) is 14.3. The molecule has 8 heteroatoms. The van der Waals surface area contributed by atoms with Crippen molar-refractivity contribution < 1.29 is 14.7 Å². The summed E-state index contributed by atoms with van der Waals surface area (Å²) >= 11 is 1.53. The van der Waals surface area contributed by atoms with Gasteiger partial charge in [0.25, 0.3) is 5.56 Å². The number of thioether (sulfide) groups is 1. The Morgan fingerprint density at radius 2 is 2.15 bits per heavy atom. The molecule has 0 radical (unpaired) electrons. The number of carbonyl (C=O) groups is 2. The lowest BCUT2D eigenvalue weighted by Crippen LogP contribution is -2.42. The second-order valence-electron chi connectivity index (χ2n) is 6.35. The number of nitrogens with zero attached hydrogens (tertiary/aromatic N) is 2. The second-order valence-corrected chi connectivity index (χ2v) is 7.45. The number of nitrogens with one attached hydrogen (secondary N) is 1. The number of H-pyrrole nitrogens is 1. The topological polar surface area (TPSA) is 103 Å². The highest BCUT2D eigenvalue weighted by molar-refractivity contribution is 7.98. The average Bonchev–Trinajstić information content (AvgIpc) is 2.65. The average molecular weight is 375 g/mol. The first-order valence-corrected chi connectivity index (χ1v) is 9.76. The van der Waals surface area contributed by atoms with Gasteiger partial charge in [0.2, 0.25) is 5.91 Å². The number of aromatic nitrogens is 2. The Balaban J connectivity index is 1.49. The van der Waals surface area contributed by atoms with Gasteiger partial charge in [-0.2, -0.15) is 11.8 Å². The number of carboxylic acid groups (broad SMARTS) is 1. The van der Waals surface area contributed by atoms with Gasteiger partial charge in [0.05, 0.1) is 22.6 Å². The quantitative estimate of drug-likeness (QED) is 0.747. The molecule has 1 aliphatic heterocycles. The summed E-state index contributed by atoms with van der Waals surface area (Å²) < 4.78 is 0. The number of para-hydroxylation sites is 1. The summed E-state index contributed by atoms with van der Waals surface area (Å²) in [6.45, 7) is 0.936. The van der Waals surface area contributed by atoms with Gasteiger partial charge in [-0.05, 0) is 25.0 Å². The summed E-state index contributed by atoms with van der Waals surface area (Å²) in [7, 11) is 0. The Morgan fingerprint density at radius 1 is 1.35 bits per heavy atom. The molecule has 2 heterocycles. The lowest BCUT2D eigenvalue weighted by molar-refractivity contribution is -0.145. The van der Waals surface area contributed by atoms with Crippen molar-refractivity contribution in [3.8, 4) is 0 Å². The van der Waals surface area contributed by atoms with Crippen LogP contribution in [0, 0.1) is 5.92 Å². The van der Waals surface area contributed by atoms with E-state index in [1.165, 1.54) is 11.8 Å². The van der Waals surface area contributed by atoms with Crippen LogP contribution in [0.5, 0.6) is 0 Å². The third kappa shape index (κ3) is 4.43. The molecule has 1 saturated heterocycles. The first-order valence-electron chi connectivity index (χ1n) is 8.61. The molecule has 1 aromatic carbocycles. The van der Waals surface area contributed by atoms with Crippen molar-refractivity contribution in [2.75, 3.05) is 18.8 Å². The molecule has 1 unspecified atom stereocenters. The molecule has 0 saturated carbocycles. The van der Waals surface area contributed by atoms with Crippen LogP contribution in [0.25, 0.3) is 10.9 Å². The molecule has 1 aliphatic rings. The molecule has 7 nitrogen and oxygen atoms in total. The van der Waals surface area contributed by atoms with Crippen LogP contribution in [0.4, 0.5) is 0 Å². The van der Waals surface area contributed by atoms with Gasteiger partial charge in [0.1, 0.15) is 5.82 Å². The molecule has 0 aliphatic carbocycles. The summed E-state index contributed by atoms with van der Waals surface area (Å²) in [5.74, 6) is 0.420. The maximum Gasteiger partial charge on any atom is 0.308 e. The maximum absolute atomic E-state index is 12.3. The summed E-state index contributed by atoms with van der Waals surface area (Å²) in [6, 6.07) is 7.18. The van der Waals surface area contributed by atoms with Crippen molar-refractivity contribution in [2.45, 2.75) is 25.0 Å². The van der Waals surface area contributed by atoms with Crippen LogP contribution in [-0.4, -0.2) is 50.7 Å². The van der Waals surface area contributed by atoms with E-state index in [-0.39, 0.29) is 11.5 Å². The third-order valence-electron chi connectivity index (χ3n) is 4.48. The molecule has 3 rings (SSSR count). The number of hydrogen-bond donors (Lipinski definition) is 2. The standard InChI is InChI=1S/C18H21N3O4S/c22-16(21-8-3-4-12(10-21)18(24)25)7-9-26-11-15-19-14-6-2-1-5-13(14)17(23)20-15/h1-2,5-6,12H,3-4,7-11H2,(H,24,25)(H,19,20,23). The van der Waals surface area contributed by atoms with E-state index in [2.05, 4.69) is 9.97 Å². The molecule has 1 amide bonds. The van der Waals surface area contributed by atoms with E-state index in [4.69, 9.17) is 5.11 Å². The number of aliphatic carboxylic acids is 1. The molecule has 0 spiro atoms. The molecular formula is C18H21N3O4S. The highest BCUT2D eigenvalue weighted by Gasteiger charge is 2.27. The molecule has 2 aromatic rings.